The number of benzene rings is 1. The lowest BCUT2D eigenvalue weighted by atomic mass is 10.3. The third kappa shape index (κ3) is 4.04. The number of rotatable bonds is 4. The fourth-order valence-corrected chi connectivity index (χ4v) is 2.80. The second-order valence-electron chi connectivity index (χ2n) is 5.27. The normalized spacial score (nSPS) is 13.5. The fraction of sp³-hybridized carbons (Fsp3) is 0.267. The average Bonchev–Trinajstić information content (AvgIpc) is 3.23. The second kappa shape index (κ2) is 6.33. The molecule has 0 radical (unpaired) electrons. The van der Waals surface area contributed by atoms with Crippen molar-refractivity contribution in [3.63, 3.8) is 0 Å². The SMILES string of the molecule is Cc1nc(NC(=O)Nc2ccc(F)cc2)sc1C(=O)NC1CC1. The van der Waals surface area contributed by atoms with E-state index in [0.29, 0.717) is 21.4 Å². The van der Waals surface area contributed by atoms with Crippen molar-refractivity contribution >= 4 is 34.1 Å². The molecule has 0 bridgehead atoms. The van der Waals surface area contributed by atoms with Crippen molar-refractivity contribution in [2.24, 2.45) is 0 Å². The molecule has 1 aliphatic carbocycles. The van der Waals surface area contributed by atoms with Gasteiger partial charge in [-0.1, -0.05) is 11.3 Å². The van der Waals surface area contributed by atoms with E-state index >= 15 is 0 Å². The van der Waals surface area contributed by atoms with Crippen molar-refractivity contribution in [2.45, 2.75) is 25.8 Å². The molecule has 1 aliphatic rings. The van der Waals surface area contributed by atoms with E-state index < -0.39 is 6.03 Å². The van der Waals surface area contributed by atoms with Crippen LogP contribution in [0.2, 0.25) is 0 Å². The minimum absolute atomic E-state index is 0.158. The zero-order valence-electron chi connectivity index (χ0n) is 12.4. The van der Waals surface area contributed by atoms with Crippen LogP contribution in [0.3, 0.4) is 0 Å². The number of aromatic nitrogens is 1. The molecule has 1 saturated carbocycles. The van der Waals surface area contributed by atoms with Gasteiger partial charge in [-0.25, -0.2) is 14.2 Å². The number of carbonyl (C=O) groups is 2. The molecule has 1 aromatic carbocycles. The zero-order valence-corrected chi connectivity index (χ0v) is 13.2. The largest absolute Gasteiger partial charge is 0.349 e. The molecule has 3 amide bonds. The number of urea groups is 1. The lowest BCUT2D eigenvalue weighted by Gasteiger charge is -2.04. The van der Waals surface area contributed by atoms with Gasteiger partial charge in [-0.3, -0.25) is 10.1 Å². The summed E-state index contributed by atoms with van der Waals surface area (Å²) in [5, 5.41) is 8.37. The highest BCUT2D eigenvalue weighted by atomic mass is 32.1. The molecule has 6 nitrogen and oxygen atoms in total. The third-order valence-electron chi connectivity index (χ3n) is 3.24. The van der Waals surface area contributed by atoms with Gasteiger partial charge in [-0.15, -0.1) is 0 Å². The van der Waals surface area contributed by atoms with E-state index in [-0.39, 0.29) is 17.8 Å². The molecular formula is C15H15FN4O2S. The van der Waals surface area contributed by atoms with Crippen LogP contribution in [0.5, 0.6) is 0 Å². The molecule has 1 fully saturated rings. The molecule has 8 heteroatoms. The topological polar surface area (TPSA) is 83.1 Å². The van der Waals surface area contributed by atoms with Crippen LogP contribution in [0.15, 0.2) is 24.3 Å². The minimum atomic E-state index is -0.500. The number of hydrogen-bond donors (Lipinski definition) is 3. The highest BCUT2D eigenvalue weighted by Gasteiger charge is 2.26. The number of hydrogen-bond acceptors (Lipinski definition) is 4. The number of aryl methyl sites for hydroxylation is 1. The van der Waals surface area contributed by atoms with Gasteiger partial charge in [0.05, 0.1) is 5.69 Å². The Bertz CT molecular complexity index is 740. The van der Waals surface area contributed by atoms with Crippen LogP contribution in [0.25, 0.3) is 0 Å². The highest BCUT2D eigenvalue weighted by molar-refractivity contribution is 7.17. The summed E-state index contributed by atoms with van der Waals surface area (Å²) >= 11 is 1.12. The number of halogens is 1. The van der Waals surface area contributed by atoms with Crippen molar-refractivity contribution in [3.8, 4) is 0 Å². The Morgan fingerprint density at radius 1 is 1.22 bits per heavy atom. The van der Waals surface area contributed by atoms with E-state index in [9.17, 15) is 14.0 Å². The van der Waals surface area contributed by atoms with Gasteiger partial charge < -0.3 is 10.6 Å². The van der Waals surface area contributed by atoms with Crippen LogP contribution in [-0.4, -0.2) is 23.0 Å². The van der Waals surface area contributed by atoms with Gasteiger partial charge in [-0.05, 0) is 44.0 Å². The lowest BCUT2D eigenvalue weighted by Crippen LogP contribution is -2.25. The Balaban J connectivity index is 1.61. The standard InChI is InChI=1S/C15H15FN4O2S/c1-8-12(13(21)18-10-6-7-10)23-15(17-8)20-14(22)19-11-4-2-9(16)3-5-11/h2-5,10H,6-7H2,1H3,(H,18,21)(H2,17,19,20,22). The molecule has 23 heavy (non-hydrogen) atoms. The number of nitrogens with one attached hydrogen (secondary N) is 3. The molecule has 0 unspecified atom stereocenters. The Kier molecular flexibility index (Phi) is 4.24. The van der Waals surface area contributed by atoms with Crippen molar-refractivity contribution in [2.75, 3.05) is 10.6 Å². The van der Waals surface area contributed by atoms with Crippen LogP contribution in [-0.2, 0) is 0 Å². The summed E-state index contributed by atoms with van der Waals surface area (Å²) in [7, 11) is 0. The predicted molar refractivity (Wildman–Crippen MR) is 86.4 cm³/mol. The van der Waals surface area contributed by atoms with Crippen molar-refractivity contribution in [1.82, 2.24) is 10.3 Å². The second-order valence-corrected chi connectivity index (χ2v) is 6.27. The smallest absolute Gasteiger partial charge is 0.325 e. The van der Waals surface area contributed by atoms with Crippen molar-refractivity contribution in [3.05, 3.63) is 40.7 Å². The molecule has 1 heterocycles. The number of carbonyl (C=O) groups excluding carboxylic acids is 2. The van der Waals surface area contributed by atoms with Gasteiger partial charge in [0.25, 0.3) is 5.91 Å². The van der Waals surface area contributed by atoms with Gasteiger partial charge in [0.15, 0.2) is 5.13 Å². The molecule has 0 saturated heterocycles. The molecule has 0 spiro atoms. The van der Waals surface area contributed by atoms with Crippen LogP contribution >= 0.6 is 11.3 Å². The summed E-state index contributed by atoms with van der Waals surface area (Å²) in [5.74, 6) is -0.535. The summed E-state index contributed by atoms with van der Waals surface area (Å²) in [4.78, 5) is 28.6. The number of thiazole rings is 1. The van der Waals surface area contributed by atoms with Gasteiger partial charge in [0, 0.05) is 11.7 Å². The number of amides is 3. The first-order chi connectivity index (χ1) is 11.0. The maximum absolute atomic E-state index is 12.8. The molecule has 0 atom stereocenters. The van der Waals surface area contributed by atoms with E-state index in [2.05, 4.69) is 20.9 Å². The van der Waals surface area contributed by atoms with E-state index in [1.165, 1.54) is 24.3 Å². The van der Waals surface area contributed by atoms with E-state index in [1.54, 1.807) is 6.92 Å². The Morgan fingerprint density at radius 2 is 1.91 bits per heavy atom. The summed E-state index contributed by atoms with van der Waals surface area (Å²) in [5.41, 5.74) is 1.04. The summed E-state index contributed by atoms with van der Waals surface area (Å²) < 4.78 is 12.8. The van der Waals surface area contributed by atoms with Crippen LogP contribution in [0, 0.1) is 12.7 Å². The number of nitrogens with zero attached hydrogens (tertiary/aromatic N) is 1. The van der Waals surface area contributed by atoms with Crippen LogP contribution in [0.1, 0.15) is 28.2 Å². The predicted octanol–water partition coefficient (Wildman–Crippen LogP) is 3.13. The summed E-state index contributed by atoms with van der Waals surface area (Å²) in [6.07, 6.45) is 2.02. The summed E-state index contributed by atoms with van der Waals surface area (Å²) in [6, 6.07) is 5.18. The molecule has 3 N–H and O–H groups in total. The monoisotopic (exact) mass is 334 g/mol. The van der Waals surface area contributed by atoms with Gasteiger partial charge in [-0.2, -0.15) is 0 Å². The molecule has 3 rings (SSSR count). The molecule has 1 aromatic heterocycles. The number of anilines is 2. The fourth-order valence-electron chi connectivity index (χ4n) is 1.93. The van der Waals surface area contributed by atoms with Crippen LogP contribution < -0.4 is 16.0 Å². The Morgan fingerprint density at radius 3 is 2.57 bits per heavy atom. The average molecular weight is 334 g/mol. The first-order valence-electron chi connectivity index (χ1n) is 7.13. The van der Waals surface area contributed by atoms with E-state index in [1.807, 2.05) is 0 Å². The van der Waals surface area contributed by atoms with Gasteiger partial charge >= 0.3 is 6.03 Å². The van der Waals surface area contributed by atoms with Crippen molar-refractivity contribution in [1.29, 1.82) is 0 Å². The lowest BCUT2D eigenvalue weighted by molar-refractivity contribution is 0.0954. The maximum Gasteiger partial charge on any atom is 0.325 e. The Hall–Kier alpha value is -2.48. The van der Waals surface area contributed by atoms with E-state index in [0.717, 1.165) is 24.2 Å². The quantitative estimate of drug-likeness (QED) is 0.803. The van der Waals surface area contributed by atoms with Crippen LogP contribution in [0.4, 0.5) is 20.0 Å². The minimum Gasteiger partial charge on any atom is -0.349 e. The molecule has 120 valence electrons. The maximum atomic E-state index is 12.8. The van der Waals surface area contributed by atoms with Gasteiger partial charge in [0.1, 0.15) is 10.7 Å². The third-order valence-corrected chi connectivity index (χ3v) is 4.31. The van der Waals surface area contributed by atoms with E-state index in [4.69, 9.17) is 0 Å². The molecule has 0 aliphatic heterocycles. The zero-order chi connectivity index (χ0) is 16.4. The summed E-state index contributed by atoms with van der Waals surface area (Å²) in [6.45, 7) is 1.72. The molecular weight excluding hydrogens is 319 g/mol. The highest BCUT2D eigenvalue weighted by Crippen LogP contribution is 2.25. The first-order valence-corrected chi connectivity index (χ1v) is 7.95. The van der Waals surface area contributed by atoms with Crippen molar-refractivity contribution < 1.29 is 14.0 Å². The van der Waals surface area contributed by atoms with Gasteiger partial charge in [0.2, 0.25) is 0 Å². The first kappa shape index (κ1) is 15.4. The Labute approximate surface area is 136 Å². The molecule has 2 aromatic rings.